The van der Waals surface area contributed by atoms with Crippen LogP contribution in [0.15, 0.2) is 54.0 Å². The van der Waals surface area contributed by atoms with Gasteiger partial charge in [0.05, 0.1) is 12.6 Å². The molecule has 1 aliphatic rings. The maximum absolute atomic E-state index is 4.39. The van der Waals surface area contributed by atoms with E-state index in [1.165, 1.54) is 0 Å². The van der Waals surface area contributed by atoms with Gasteiger partial charge in [-0.05, 0) is 35.0 Å². The minimum absolute atomic E-state index is 0.314. The Kier molecular flexibility index (Phi) is 3.81. The first-order chi connectivity index (χ1) is 8.67. The molecule has 1 aromatic rings. The molecule has 0 amide bonds. The van der Waals surface area contributed by atoms with Crippen LogP contribution < -0.4 is 4.90 Å². The van der Waals surface area contributed by atoms with E-state index in [1.807, 2.05) is 22.9 Å². The fraction of sp³-hybridized carbons (Fsp3) is 0.231. The van der Waals surface area contributed by atoms with E-state index in [0.717, 1.165) is 18.2 Å². The van der Waals surface area contributed by atoms with Crippen molar-refractivity contribution in [2.45, 2.75) is 19.5 Å². The van der Waals surface area contributed by atoms with Crippen molar-refractivity contribution in [2.75, 3.05) is 4.90 Å². The summed E-state index contributed by atoms with van der Waals surface area (Å²) in [6, 6.07) is 0.314. The highest BCUT2D eigenvalue weighted by atomic mass is 79.9. The summed E-state index contributed by atoms with van der Waals surface area (Å²) in [6.07, 6.45) is 9.36. The summed E-state index contributed by atoms with van der Waals surface area (Å²) in [7, 11) is 0. The Morgan fingerprint density at radius 1 is 1.44 bits per heavy atom. The number of hydrogen-bond donors (Lipinski definition) is 0. The third kappa shape index (κ3) is 2.31. The van der Waals surface area contributed by atoms with E-state index in [9.17, 15) is 0 Å². The van der Waals surface area contributed by atoms with Gasteiger partial charge in [0.1, 0.15) is 0 Å². The lowest BCUT2D eigenvalue weighted by Gasteiger charge is -2.22. The average Bonchev–Trinajstić information content (AvgIpc) is 2.79. The SMILES string of the molecule is C=C/C=C\C(=C/C=C)N1c2nc(Br)nn2CC1C. The number of fused-ring (bicyclic) bond motifs is 1. The van der Waals surface area contributed by atoms with E-state index in [0.29, 0.717) is 10.8 Å². The number of rotatable bonds is 4. The third-order valence-electron chi connectivity index (χ3n) is 2.69. The van der Waals surface area contributed by atoms with Crippen molar-refractivity contribution in [1.82, 2.24) is 14.8 Å². The maximum atomic E-state index is 4.39. The molecule has 1 aliphatic heterocycles. The molecule has 1 unspecified atom stereocenters. The van der Waals surface area contributed by atoms with Gasteiger partial charge in [0.2, 0.25) is 10.7 Å². The molecule has 0 N–H and O–H groups in total. The first-order valence-electron chi connectivity index (χ1n) is 5.68. The fourth-order valence-corrected chi connectivity index (χ4v) is 2.36. The van der Waals surface area contributed by atoms with Gasteiger partial charge in [0.25, 0.3) is 0 Å². The number of nitrogens with zero attached hydrogens (tertiary/aromatic N) is 4. The topological polar surface area (TPSA) is 34.0 Å². The number of aromatic nitrogens is 3. The standard InChI is InChI=1S/C13H15BrN4/c1-4-6-8-11(7-5-2)18-10(3)9-17-13(18)15-12(14)16-17/h4-8,10H,1-2,9H2,3H3/b8-6-,11-7+. The monoisotopic (exact) mass is 306 g/mol. The predicted molar refractivity (Wildman–Crippen MR) is 77.3 cm³/mol. The van der Waals surface area contributed by atoms with Crippen molar-refractivity contribution in [2.24, 2.45) is 0 Å². The van der Waals surface area contributed by atoms with Crippen LogP contribution in [0.2, 0.25) is 0 Å². The van der Waals surface area contributed by atoms with Gasteiger partial charge >= 0.3 is 0 Å². The van der Waals surface area contributed by atoms with Gasteiger partial charge in [-0.2, -0.15) is 4.98 Å². The molecule has 0 spiro atoms. The van der Waals surface area contributed by atoms with Gasteiger partial charge < -0.3 is 4.90 Å². The average molecular weight is 307 g/mol. The fourth-order valence-electron chi connectivity index (χ4n) is 2.01. The van der Waals surface area contributed by atoms with E-state index < -0.39 is 0 Å². The molecule has 0 radical (unpaired) electrons. The summed E-state index contributed by atoms with van der Waals surface area (Å²) in [5, 5.41) is 4.30. The van der Waals surface area contributed by atoms with Crippen LogP contribution in [0.1, 0.15) is 6.92 Å². The van der Waals surface area contributed by atoms with Crippen molar-refractivity contribution in [3.8, 4) is 0 Å². The zero-order valence-electron chi connectivity index (χ0n) is 10.3. The molecular formula is C13H15BrN4. The molecule has 1 atom stereocenters. The second-order valence-corrected chi connectivity index (χ2v) is 4.71. The van der Waals surface area contributed by atoms with Gasteiger partial charge in [-0.15, -0.1) is 5.10 Å². The minimum Gasteiger partial charge on any atom is -0.306 e. The maximum Gasteiger partial charge on any atom is 0.229 e. The minimum atomic E-state index is 0.314. The van der Waals surface area contributed by atoms with Crippen LogP contribution in [0, 0.1) is 0 Å². The predicted octanol–water partition coefficient (Wildman–Crippen LogP) is 3.06. The van der Waals surface area contributed by atoms with Crippen molar-refractivity contribution >= 4 is 21.9 Å². The molecule has 0 saturated carbocycles. The summed E-state index contributed by atoms with van der Waals surface area (Å²) < 4.78 is 2.51. The van der Waals surface area contributed by atoms with Gasteiger partial charge in [0.15, 0.2) is 0 Å². The lowest BCUT2D eigenvalue weighted by atomic mass is 10.2. The number of hydrogen-bond acceptors (Lipinski definition) is 3. The Morgan fingerprint density at radius 2 is 2.22 bits per heavy atom. The first-order valence-corrected chi connectivity index (χ1v) is 6.48. The van der Waals surface area contributed by atoms with Crippen molar-refractivity contribution < 1.29 is 0 Å². The van der Waals surface area contributed by atoms with Gasteiger partial charge in [-0.25, -0.2) is 4.68 Å². The van der Waals surface area contributed by atoms with Crippen molar-refractivity contribution in [3.05, 3.63) is 54.0 Å². The quantitative estimate of drug-likeness (QED) is 0.802. The largest absolute Gasteiger partial charge is 0.306 e. The van der Waals surface area contributed by atoms with Crippen LogP contribution >= 0.6 is 15.9 Å². The van der Waals surface area contributed by atoms with Gasteiger partial charge in [-0.3, -0.25) is 0 Å². The molecule has 4 nitrogen and oxygen atoms in total. The number of anilines is 1. The molecule has 0 bridgehead atoms. The molecule has 0 aliphatic carbocycles. The van der Waals surface area contributed by atoms with Crippen LogP contribution in [-0.2, 0) is 6.54 Å². The Labute approximate surface area is 115 Å². The molecule has 94 valence electrons. The highest BCUT2D eigenvalue weighted by Crippen LogP contribution is 2.29. The van der Waals surface area contributed by atoms with E-state index in [1.54, 1.807) is 12.2 Å². The Hall–Kier alpha value is -1.62. The summed E-state index contributed by atoms with van der Waals surface area (Å²) in [5.41, 5.74) is 1.02. The molecule has 5 heteroatoms. The molecular weight excluding hydrogens is 292 g/mol. The summed E-state index contributed by atoms with van der Waals surface area (Å²) in [4.78, 5) is 6.53. The van der Waals surface area contributed by atoms with Crippen LogP contribution in [0.3, 0.4) is 0 Å². The highest BCUT2D eigenvalue weighted by Gasteiger charge is 2.30. The second kappa shape index (κ2) is 5.35. The third-order valence-corrected chi connectivity index (χ3v) is 3.03. The Balaban J connectivity index is 2.41. The smallest absolute Gasteiger partial charge is 0.229 e. The lowest BCUT2D eigenvalue weighted by Crippen LogP contribution is -2.28. The molecule has 18 heavy (non-hydrogen) atoms. The molecule has 0 saturated heterocycles. The number of allylic oxidation sites excluding steroid dienone is 5. The Morgan fingerprint density at radius 3 is 2.89 bits per heavy atom. The van der Waals surface area contributed by atoms with Crippen molar-refractivity contribution in [3.63, 3.8) is 0 Å². The molecule has 2 heterocycles. The van der Waals surface area contributed by atoms with E-state index in [4.69, 9.17) is 0 Å². The summed E-state index contributed by atoms with van der Waals surface area (Å²) in [5.74, 6) is 0.844. The molecule has 0 fully saturated rings. The molecule has 1 aromatic heterocycles. The highest BCUT2D eigenvalue weighted by molar-refractivity contribution is 9.10. The number of halogens is 1. The normalized spacial score (nSPS) is 19.3. The van der Waals surface area contributed by atoms with Crippen LogP contribution in [0.5, 0.6) is 0 Å². The summed E-state index contributed by atoms with van der Waals surface area (Å²) in [6.45, 7) is 10.4. The van der Waals surface area contributed by atoms with Crippen LogP contribution in [-0.4, -0.2) is 20.8 Å². The zero-order chi connectivity index (χ0) is 13.1. The van der Waals surface area contributed by atoms with E-state index in [2.05, 4.69) is 51.0 Å². The zero-order valence-corrected chi connectivity index (χ0v) is 11.8. The second-order valence-electron chi connectivity index (χ2n) is 4.00. The molecule has 0 aromatic carbocycles. The van der Waals surface area contributed by atoms with E-state index in [-0.39, 0.29) is 0 Å². The van der Waals surface area contributed by atoms with Crippen LogP contribution in [0.25, 0.3) is 0 Å². The lowest BCUT2D eigenvalue weighted by molar-refractivity contribution is 0.600. The van der Waals surface area contributed by atoms with Gasteiger partial charge in [-0.1, -0.05) is 31.4 Å². The first kappa shape index (κ1) is 12.8. The molecule has 2 rings (SSSR count). The summed E-state index contributed by atoms with van der Waals surface area (Å²) >= 11 is 3.30. The van der Waals surface area contributed by atoms with E-state index >= 15 is 0 Å². The Bertz CT molecular complexity index is 527. The van der Waals surface area contributed by atoms with Crippen molar-refractivity contribution in [1.29, 1.82) is 0 Å². The van der Waals surface area contributed by atoms with Gasteiger partial charge in [0, 0.05) is 5.70 Å². The van der Waals surface area contributed by atoms with Crippen LogP contribution in [0.4, 0.5) is 5.95 Å².